The number of halogens is 1. The minimum atomic E-state index is -0.360. The molecule has 0 aliphatic carbocycles. The van der Waals surface area contributed by atoms with Crippen molar-refractivity contribution in [3.05, 3.63) is 36.5 Å². The highest BCUT2D eigenvalue weighted by molar-refractivity contribution is 14.0. The summed E-state index contributed by atoms with van der Waals surface area (Å²) in [6, 6.07) is 10.6. The Morgan fingerprint density at radius 1 is 1.07 bits per heavy atom. The van der Waals surface area contributed by atoms with Gasteiger partial charge in [0.1, 0.15) is 0 Å². The molecule has 0 radical (unpaired) electrons. The number of aryl methyl sites for hydroxylation is 1. The minimum absolute atomic E-state index is 0. The van der Waals surface area contributed by atoms with E-state index in [0.29, 0.717) is 13.1 Å². The monoisotopic (exact) mass is 499 g/mol. The lowest BCUT2D eigenvalue weighted by Gasteiger charge is -2.18. The number of rotatable bonds is 8. The molecule has 0 atom stereocenters. The van der Waals surface area contributed by atoms with Crippen LogP contribution in [0.4, 0.5) is 0 Å². The molecular formula is C21H34IN5O. The number of guanidine groups is 1. The molecular weight excluding hydrogens is 465 g/mol. The van der Waals surface area contributed by atoms with Crippen LogP contribution < -0.4 is 16.0 Å². The first-order valence-corrected chi connectivity index (χ1v) is 9.76. The predicted octanol–water partition coefficient (Wildman–Crippen LogP) is 3.37. The van der Waals surface area contributed by atoms with Gasteiger partial charge < -0.3 is 20.5 Å². The molecule has 0 fully saturated rings. The van der Waals surface area contributed by atoms with Gasteiger partial charge in [0.05, 0.1) is 0 Å². The summed E-state index contributed by atoms with van der Waals surface area (Å²) in [5, 5.41) is 10.7. The Morgan fingerprint density at radius 2 is 1.79 bits per heavy atom. The van der Waals surface area contributed by atoms with Crippen LogP contribution in [0.5, 0.6) is 0 Å². The van der Waals surface area contributed by atoms with Crippen molar-refractivity contribution in [2.45, 2.75) is 40.7 Å². The van der Waals surface area contributed by atoms with Gasteiger partial charge in [-0.3, -0.25) is 9.79 Å². The third-order valence-corrected chi connectivity index (χ3v) is 4.24. The third-order valence-electron chi connectivity index (χ3n) is 4.24. The van der Waals surface area contributed by atoms with Crippen LogP contribution in [0.15, 0.2) is 41.5 Å². The van der Waals surface area contributed by atoms with Gasteiger partial charge in [-0.05, 0) is 30.9 Å². The molecule has 7 heteroatoms. The lowest BCUT2D eigenvalue weighted by atomic mass is 9.96. The van der Waals surface area contributed by atoms with E-state index in [0.717, 1.165) is 32.0 Å². The van der Waals surface area contributed by atoms with E-state index in [9.17, 15) is 4.79 Å². The lowest BCUT2D eigenvalue weighted by Crippen LogP contribution is -2.43. The van der Waals surface area contributed by atoms with Crippen molar-refractivity contribution in [3.63, 3.8) is 0 Å². The molecule has 0 saturated carbocycles. The van der Waals surface area contributed by atoms with E-state index in [1.807, 2.05) is 27.7 Å². The Morgan fingerprint density at radius 3 is 2.50 bits per heavy atom. The number of amides is 1. The molecule has 3 N–H and O–H groups in total. The zero-order valence-corrected chi connectivity index (χ0v) is 19.7. The van der Waals surface area contributed by atoms with Gasteiger partial charge in [-0.15, -0.1) is 24.0 Å². The van der Waals surface area contributed by atoms with Crippen LogP contribution in [0.3, 0.4) is 0 Å². The van der Waals surface area contributed by atoms with Crippen molar-refractivity contribution in [1.82, 2.24) is 20.5 Å². The maximum Gasteiger partial charge on any atom is 0.225 e. The quantitative estimate of drug-likeness (QED) is 0.226. The largest absolute Gasteiger partial charge is 0.357 e. The normalized spacial score (nSPS) is 11.8. The average Bonchev–Trinajstić information content (AvgIpc) is 3.04. The molecule has 1 aromatic carbocycles. The zero-order valence-electron chi connectivity index (χ0n) is 17.4. The molecule has 0 spiro atoms. The molecule has 1 amide bonds. The van der Waals surface area contributed by atoms with Crippen molar-refractivity contribution in [1.29, 1.82) is 0 Å². The molecule has 2 rings (SSSR count). The molecule has 28 heavy (non-hydrogen) atoms. The number of hydrogen-bond donors (Lipinski definition) is 3. The molecule has 156 valence electrons. The molecule has 1 heterocycles. The summed E-state index contributed by atoms with van der Waals surface area (Å²) in [5.74, 6) is 0.852. The first-order chi connectivity index (χ1) is 12.9. The number of carbonyl (C=O) groups excluding carboxylic acids is 1. The van der Waals surface area contributed by atoms with Gasteiger partial charge in [0.2, 0.25) is 5.91 Å². The van der Waals surface area contributed by atoms with Crippen LogP contribution in [-0.4, -0.2) is 42.6 Å². The molecule has 0 bridgehead atoms. The van der Waals surface area contributed by atoms with Crippen LogP contribution in [0, 0.1) is 5.41 Å². The van der Waals surface area contributed by atoms with Crippen LogP contribution in [-0.2, 0) is 11.3 Å². The van der Waals surface area contributed by atoms with Crippen molar-refractivity contribution >= 4 is 46.7 Å². The van der Waals surface area contributed by atoms with Gasteiger partial charge >= 0.3 is 0 Å². The highest BCUT2D eigenvalue weighted by Gasteiger charge is 2.20. The fraction of sp³-hybridized carbons (Fsp3) is 0.524. The molecule has 0 aliphatic heterocycles. The topological polar surface area (TPSA) is 70.5 Å². The summed E-state index contributed by atoms with van der Waals surface area (Å²) < 4.78 is 2.27. The predicted molar refractivity (Wildman–Crippen MR) is 128 cm³/mol. The molecule has 2 aromatic rings. The zero-order chi connectivity index (χ0) is 19.7. The summed E-state index contributed by atoms with van der Waals surface area (Å²) in [4.78, 5) is 16.5. The number of nitrogens with one attached hydrogen (secondary N) is 3. The summed E-state index contributed by atoms with van der Waals surface area (Å²) in [5.41, 5.74) is 0.905. The highest BCUT2D eigenvalue weighted by atomic mass is 127. The number of hydrogen-bond acceptors (Lipinski definition) is 2. The number of aliphatic imine (C=N–C) groups is 1. The second-order valence-electron chi connectivity index (χ2n) is 7.61. The van der Waals surface area contributed by atoms with E-state index in [4.69, 9.17) is 0 Å². The van der Waals surface area contributed by atoms with Crippen LogP contribution in [0.2, 0.25) is 0 Å². The summed E-state index contributed by atoms with van der Waals surface area (Å²) in [6.45, 7) is 11.5. The van der Waals surface area contributed by atoms with E-state index >= 15 is 0 Å². The van der Waals surface area contributed by atoms with Gasteiger partial charge in [-0.25, -0.2) is 0 Å². The Kier molecular flexibility index (Phi) is 10.3. The summed E-state index contributed by atoms with van der Waals surface area (Å²) >= 11 is 0. The molecule has 0 unspecified atom stereocenters. The number of nitrogens with zero attached hydrogens (tertiary/aromatic N) is 2. The Bertz CT molecular complexity index is 763. The van der Waals surface area contributed by atoms with Crippen molar-refractivity contribution in [2.24, 2.45) is 10.4 Å². The van der Waals surface area contributed by atoms with Gasteiger partial charge in [0.15, 0.2) is 5.96 Å². The maximum absolute atomic E-state index is 11.9. The first kappa shape index (κ1) is 24.3. The van der Waals surface area contributed by atoms with Crippen molar-refractivity contribution < 1.29 is 4.79 Å². The van der Waals surface area contributed by atoms with Crippen LogP contribution >= 0.6 is 24.0 Å². The summed E-state index contributed by atoms with van der Waals surface area (Å²) in [7, 11) is 0. The molecule has 0 aliphatic rings. The van der Waals surface area contributed by atoms with E-state index < -0.39 is 0 Å². The number of benzene rings is 1. The number of para-hydroxylation sites is 1. The fourth-order valence-electron chi connectivity index (χ4n) is 2.73. The first-order valence-electron chi connectivity index (χ1n) is 9.76. The van der Waals surface area contributed by atoms with Gasteiger partial charge in [-0.1, -0.05) is 39.0 Å². The maximum atomic E-state index is 11.9. The Labute approximate surface area is 185 Å². The van der Waals surface area contributed by atoms with Crippen molar-refractivity contribution in [3.8, 4) is 0 Å². The average molecular weight is 499 g/mol. The minimum Gasteiger partial charge on any atom is -0.357 e. The second-order valence-corrected chi connectivity index (χ2v) is 7.61. The third kappa shape index (κ3) is 7.69. The van der Waals surface area contributed by atoms with Gasteiger partial charge in [0.25, 0.3) is 0 Å². The number of carbonyl (C=O) groups is 1. The Balaban J connectivity index is 0.00000392. The smallest absolute Gasteiger partial charge is 0.225 e. The van der Waals surface area contributed by atoms with Crippen molar-refractivity contribution in [2.75, 3.05) is 26.2 Å². The highest BCUT2D eigenvalue weighted by Crippen LogP contribution is 2.15. The molecule has 0 saturated heterocycles. The Hall–Kier alpha value is -1.77. The fourth-order valence-corrected chi connectivity index (χ4v) is 2.73. The molecule has 6 nitrogen and oxygen atoms in total. The number of aromatic nitrogens is 1. The van der Waals surface area contributed by atoms with E-state index in [1.165, 1.54) is 10.9 Å². The van der Waals surface area contributed by atoms with Gasteiger partial charge in [0, 0.05) is 49.9 Å². The van der Waals surface area contributed by atoms with Crippen LogP contribution in [0.25, 0.3) is 10.9 Å². The van der Waals surface area contributed by atoms with E-state index in [1.54, 1.807) is 0 Å². The SMILES string of the molecule is CCNC(=NCCCn1ccc2ccccc21)NCCNC(=O)C(C)(C)C.I. The van der Waals surface area contributed by atoms with Gasteiger partial charge in [-0.2, -0.15) is 0 Å². The second kappa shape index (κ2) is 11.9. The van der Waals surface area contributed by atoms with E-state index in [-0.39, 0.29) is 35.3 Å². The van der Waals surface area contributed by atoms with E-state index in [2.05, 4.69) is 62.0 Å². The number of fused-ring (bicyclic) bond motifs is 1. The van der Waals surface area contributed by atoms with Crippen LogP contribution in [0.1, 0.15) is 34.1 Å². The lowest BCUT2D eigenvalue weighted by molar-refractivity contribution is -0.128. The summed E-state index contributed by atoms with van der Waals surface area (Å²) in [6.07, 6.45) is 3.10. The molecule has 1 aromatic heterocycles. The standard InChI is InChI=1S/C21H33N5O.HI/c1-5-22-20(25-14-13-23-19(27)21(2,3)4)24-12-8-15-26-16-11-17-9-6-7-10-18(17)26;/h6-7,9-11,16H,5,8,12-15H2,1-4H3,(H,23,27)(H2,22,24,25);1H.